The Balaban J connectivity index is 2.10. The van der Waals surface area contributed by atoms with Gasteiger partial charge in [0.1, 0.15) is 0 Å². The molecule has 0 radical (unpaired) electrons. The van der Waals surface area contributed by atoms with Crippen molar-refractivity contribution in [3.05, 3.63) is 52.0 Å². The van der Waals surface area contributed by atoms with Gasteiger partial charge in [0.05, 0.1) is 14.2 Å². The third kappa shape index (κ3) is 3.71. The van der Waals surface area contributed by atoms with Crippen molar-refractivity contribution in [1.82, 2.24) is 0 Å². The van der Waals surface area contributed by atoms with Crippen LogP contribution in [0.3, 0.4) is 0 Å². The number of anilines is 1. The number of nitrogens with one attached hydrogen (secondary N) is 1. The van der Waals surface area contributed by atoms with Crippen LogP contribution in [0.15, 0.2) is 36.4 Å². The highest BCUT2D eigenvalue weighted by Gasteiger charge is 2.05. The first kappa shape index (κ1) is 14.8. The monoisotopic (exact) mass is 311 g/mol. The summed E-state index contributed by atoms with van der Waals surface area (Å²) in [5.41, 5.74) is 1.94. The quantitative estimate of drug-likeness (QED) is 0.873. The molecular weight excluding hydrogens is 297 g/mol. The van der Waals surface area contributed by atoms with Crippen LogP contribution in [-0.2, 0) is 6.54 Å². The first-order valence-electron chi connectivity index (χ1n) is 6.03. The van der Waals surface area contributed by atoms with E-state index in [1.54, 1.807) is 20.3 Å². The molecule has 0 aliphatic carbocycles. The molecule has 0 fully saturated rings. The van der Waals surface area contributed by atoms with E-state index in [9.17, 15) is 0 Å². The molecule has 0 aromatic heterocycles. The van der Waals surface area contributed by atoms with Crippen molar-refractivity contribution in [2.24, 2.45) is 0 Å². The third-order valence-electron chi connectivity index (χ3n) is 2.81. The van der Waals surface area contributed by atoms with Crippen LogP contribution in [0.1, 0.15) is 5.56 Å². The molecule has 0 aliphatic heterocycles. The van der Waals surface area contributed by atoms with Crippen molar-refractivity contribution in [2.45, 2.75) is 6.54 Å². The zero-order chi connectivity index (χ0) is 14.5. The molecule has 20 heavy (non-hydrogen) atoms. The molecule has 0 saturated heterocycles. The molecule has 2 aromatic rings. The summed E-state index contributed by atoms with van der Waals surface area (Å²) in [6, 6.07) is 11.1. The summed E-state index contributed by atoms with van der Waals surface area (Å²) in [6.45, 7) is 0.636. The summed E-state index contributed by atoms with van der Waals surface area (Å²) in [6.07, 6.45) is 0. The molecule has 106 valence electrons. The Hall–Kier alpha value is -1.58. The Morgan fingerprint density at radius 1 is 0.900 bits per heavy atom. The van der Waals surface area contributed by atoms with E-state index in [4.69, 9.17) is 32.7 Å². The summed E-state index contributed by atoms with van der Waals surface area (Å²) in [7, 11) is 3.23. The summed E-state index contributed by atoms with van der Waals surface area (Å²) in [4.78, 5) is 0. The van der Waals surface area contributed by atoms with Crippen molar-refractivity contribution in [1.29, 1.82) is 0 Å². The van der Waals surface area contributed by atoms with E-state index in [0.717, 1.165) is 11.3 Å². The lowest BCUT2D eigenvalue weighted by molar-refractivity contribution is 0.354. The minimum atomic E-state index is 0.604. The zero-order valence-electron chi connectivity index (χ0n) is 11.2. The molecule has 3 nitrogen and oxygen atoms in total. The van der Waals surface area contributed by atoms with Gasteiger partial charge in [-0.25, -0.2) is 0 Å². The van der Waals surface area contributed by atoms with E-state index in [0.29, 0.717) is 28.1 Å². The maximum Gasteiger partial charge on any atom is 0.161 e. The van der Waals surface area contributed by atoms with Crippen LogP contribution in [0.5, 0.6) is 11.5 Å². The minimum Gasteiger partial charge on any atom is -0.493 e. The normalized spacial score (nSPS) is 10.2. The van der Waals surface area contributed by atoms with Gasteiger partial charge in [0.2, 0.25) is 0 Å². The third-order valence-corrected chi connectivity index (χ3v) is 3.24. The van der Waals surface area contributed by atoms with Crippen molar-refractivity contribution in [2.75, 3.05) is 19.5 Å². The Labute approximate surface area is 128 Å². The summed E-state index contributed by atoms with van der Waals surface area (Å²) in [5, 5.41) is 4.47. The first-order chi connectivity index (χ1) is 9.62. The standard InChI is InChI=1S/C15H15Cl2NO2/c1-19-14-4-3-10(5-15(14)20-2)9-18-13-7-11(16)6-12(17)8-13/h3-8,18H,9H2,1-2H3. The number of rotatable bonds is 5. The van der Waals surface area contributed by atoms with Crippen molar-refractivity contribution < 1.29 is 9.47 Å². The van der Waals surface area contributed by atoms with Crippen LogP contribution in [-0.4, -0.2) is 14.2 Å². The van der Waals surface area contributed by atoms with E-state index >= 15 is 0 Å². The Morgan fingerprint density at radius 2 is 1.55 bits per heavy atom. The number of halogens is 2. The van der Waals surface area contributed by atoms with Gasteiger partial charge >= 0.3 is 0 Å². The highest BCUT2D eigenvalue weighted by atomic mass is 35.5. The molecule has 0 atom stereocenters. The van der Waals surface area contributed by atoms with Crippen LogP contribution in [0.25, 0.3) is 0 Å². The van der Waals surface area contributed by atoms with E-state index in [1.165, 1.54) is 0 Å². The van der Waals surface area contributed by atoms with Crippen LogP contribution in [0, 0.1) is 0 Å². The molecule has 5 heteroatoms. The smallest absolute Gasteiger partial charge is 0.161 e. The topological polar surface area (TPSA) is 30.5 Å². The van der Waals surface area contributed by atoms with Gasteiger partial charge in [-0.1, -0.05) is 29.3 Å². The lowest BCUT2D eigenvalue weighted by Crippen LogP contribution is -2.00. The van der Waals surface area contributed by atoms with Crippen LogP contribution >= 0.6 is 23.2 Å². The van der Waals surface area contributed by atoms with Gasteiger partial charge in [0.25, 0.3) is 0 Å². The molecule has 0 saturated carbocycles. The maximum atomic E-state index is 5.96. The van der Waals surface area contributed by atoms with Gasteiger partial charge in [-0.15, -0.1) is 0 Å². The second kappa shape index (κ2) is 6.73. The molecule has 0 spiro atoms. The fraction of sp³-hybridized carbons (Fsp3) is 0.200. The summed E-state index contributed by atoms with van der Waals surface area (Å²) >= 11 is 11.9. The maximum absolute atomic E-state index is 5.96. The fourth-order valence-corrected chi connectivity index (χ4v) is 2.38. The molecule has 0 unspecified atom stereocenters. The van der Waals surface area contributed by atoms with E-state index in [1.807, 2.05) is 30.3 Å². The SMILES string of the molecule is COc1ccc(CNc2cc(Cl)cc(Cl)c2)cc1OC. The Morgan fingerprint density at radius 3 is 2.15 bits per heavy atom. The molecule has 2 rings (SSSR count). The fourth-order valence-electron chi connectivity index (χ4n) is 1.85. The number of methoxy groups -OCH3 is 2. The van der Waals surface area contributed by atoms with Gasteiger partial charge in [-0.3, -0.25) is 0 Å². The molecular formula is C15H15Cl2NO2. The summed E-state index contributed by atoms with van der Waals surface area (Å²) < 4.78 is 10.5. The van der Waals surface area contributed by atoms with Crippen molar-refractivity contribution in [3.8, 4) is 11.5 Å². The molecule has 0 heterocycles. The number of hydrogen-bond acceptors (Lipinski definition) is 3. The molecule has 2 aromatic carbocycles. The van der Waals surface area contributed by atoms with Gasteiger partial charge in [0, 0.05) is 22.3 Å². The molecule has 1 N–H and O–H groups in total. The van der Waals surface area contributed by atoms with E-state index in [-0.39, 0.29) is 0 Å². The first-order valence-corrected chi connectivity index (χ1v) is 6.79. The van der Waals surface area contributed by atoms with Crippen molar-refractivity contribution >= 4 is 28.9 Å². The predicted molar refractivity (Wildman–Crippen MR) is 83.3 cm³/mol. The average molecular weight is 312 g/mol. The van der Waals surface area contributed by atoms with Gasteiger partial charge < -0.3 is 14.8 Å². The highest BCUT2D eigenvalue weighted by Crippen LogP contribution is 2.28. The van der Waals surface area contributed by atoms with Crippen LogP contribution < -0.4 is 14.8 Å². The average Bonchev–Trinajstić information content (AvgIpc) is 2.43. The predicted octanol–water partition coefficient (Wildman–Crippen LogP) is 4.62. The Kier molecular flexibility index (Phi) is 4.99. The number of benzene rings is 2. The minimum absolute atomic E-state index is 0.604. The second-order valence-electron chi connectivity index (χ2n) is 4.20. The van der Waals surface area contributed by atoms with E-state index < -0.39 is 0 Å². The lowest BCUT2D eigenvalue weighted by Gasteiger charge is -2.11. The number of ether oxygens (including phenoxy) is 2. The second-order valence-corrected chi connectivity index (χ2v) is 5.07. The van der Waals surface area contributed by atoms with Crippen molar-refractivity contribution in [3.63, 3.8) is 0 Å². The van der Waals surface area contributed by atoms with Gasteiger partial charge in [-0.05, 0) is 35.9 Å². The number of hydrogen-bond donors (Lipinski definition) is 1. The largest absolute Gasteiger partial charge is 0.493 e. The van der Waals surface area contributed by atoms with Crippen LogP contribution in [0.2, 0.25) is 10.0 Å². The molecule has 0 bridgehead atoms. The van der Waals surface area contributed by atoms with Crippen LogP contribution in [0.4, 0.5) is 5.69 Å². The lowest BCUT2D eigenvalue weighted by atomic mass is 10.2. The van der Waals surface area contributed by atoms with Gasteiger partial charge in [0.15, 0.2) is 11.5 Å². The van der Waals surface area contributed by atoms with E-state index in [2.05, 4.69) is 5.32 Å². The zero-order valence-corrected chi connectivity index (χ0v) is 12.8. The summed E-state index contributed by atoms with van der Waals surface area (Å²) in [5.74, 6) is 1.41. The molecule has 0 aliphatic rings. The Bertz CT molecular complexity index is 582. The van der Waals surface area contributed by atoms with Gasteiger partial charge in [-0.2, -0.15) is 0 Å². The molecule has 0 amide bonds. The highest BCUT2D eigenvalue weighted by molar-refractivity contribution is 6.35.